The van der Waals surface area contributed by atoms with Crippen molar-refractivity contribution in [3.8, 4) is 0 Å². The fourth-order valence-electron chi connectivity index (χ4n) is 3.77. The second-order valence-corrected chi connectivity index (χ2v) is 8.65. The number of aliphatic carboxylic acids is 2. The van der Waals surface area contributed by atoms with Crippen molar-refractivity contribution >= 4 is 29.6 Å². The highest BCUT2D eigenvalue weighted by atomic mass is 19.2. The Kier molecular flexibility index (Phi) is 9.82. The van der Waals surface area contributed by atoms with Gasteiger partial charge >= 0.3 is 17.9 Å². The quantitative estimate of drug-likeness (QED) is 0.340. The molecule has 3 aromatic rings. The van der Waals surface area contributed by atoms with Gasteiger partial charge in [-0.25, -0.2) is 23.2 Å². The molecule has 4 rings (SSSR count). The number of rotatable bonds is 7. The van der Waals surface area contributed by atoms with E-state index in [-0.39, 0.29) is 11.1 Å². The van der Waals surface area contributed by atoms with Gasteiger partial charge in [-0.2, -0.15) is 0 Å². The molecular weight excluding hydrogens is 516 g/mol. The minimum absolute atomic E-state index is 0.00252. The Morgan fingerprint density at radius 1 is 0.872 bits per heavy atom. The summed E-state index contributed by atoms with van der Waals surface area (Å²) < 4.78 is 35.5. The second-order valence-electron chi connectivity index (χ2n) is 8.65. The van der Waals surface area contributed by atoms with E-state index in [1.54, 1.807) is 18.2 Å². The lowest BCUT2D eigenvalue weighted by Gasteiger charge is -2.24. The zero-order valence-corrected chi connectivity index (χ0v) is 20.7. The summed E-state index contributed by atoms with van der Waals surface area (Å²) in [7, 11) is 0. The van der Waals surface area contributed by atoms with Gasteiger partial charge < -0.3 is 29.8 Å². The third kappa shape index (κ3) is 7.68. The normalized spacial score (nSPS) is 15.4. The van der Waals surface area contributed by atoms with Crippen LogP contribution in [0.2, 0.25) is 0 Å². The van der Waals surface area contributed by atoms with Crippen LogP contribution in [-0.4, -0.2) is 47.2 Å². The number of ether oxygens (including phenoxy) is 2. The predicted molar refractivity (Wildman–Crippen MR) is 130 cm³/mol. The molecule has 0 bridgehead atoms. The molecule has 0 spiro atoms. The second kappa shape index (κ2) is 13.2. The molecule has 0 radical (unpaired) electrons. The van der Waals surface area contributed by atoms with Crippen LogP contribution in [0.5, 0.6) is 0 Å². The summed E-state index contributed by atoms with van der Waals surface area (Å²) in [4.78, 5) is 46.7. The minimum Gasteiger partial charge on any atom is -0.546 e. The number of carboxylic acids is 2. The van der Waals surface area contributed by atoms with Crippen LogP contribution in [0.25, 0.3) is 0 Å². The number of halogens is 2. The van der Waals surface area contributed by atoms with E-state index in [1.807, 2.05) is 5.32 Å². The molecule has 39 heavy (non-hydrogen) atoms. The summed E-state index contributed by atoms with van der Waals surface area (Å²) in [5, 5.41) is 22.5. The molecule has 0 amide bonds. The van der Waals surface area contributed by atoms with Crippen molar-refractivity contribution in [3.05, 3.63) is 101 Å². The molecule has 0 saturated carbocycles. The van der Waals surface area contributed by atoms with Crippen LogP contribution in [0.3, 0.4) is 0 Å². The SMILES string of the molecule is C[C@H]1CCc2c(ccc(F)c2F)[NH2+]1.O=C(O[C@@H](C(=O)[O-])[C@@H](OC(=O)c1ccccc1)C(=O)O)c1ccccc1. The lowest BCUT2D eigenvalue weighted by molar-refractivity contribution is -0.612. The average molecular weight is 542 g/mol. The number of esters is 2. The zero-order chi connectivity index (χ0) is 28.5. The maximum atomic E-state index is 13.2. The van der Waals surface area contributed by atoms with E-state index in [0.717, 1.165) is 12.1 Å². The number of fused-ring (bicyclic) bond motifs is 1. The van der Waals surface area contributed by atoms with Gasteiger partial charge in [-0.15, -0.1) is 0 Å². The van der Waals surface area contributed by atoms with Gasteiger partial charge in [-0.1, -0.05) is 36.4 Å². The van der Waals surface area contributed by atoms with E-state index in [4.69, 9.17) is 9.47 Å². The van der Waals surface area contributed by atoms with Crippen LogP contribution >= 0.6 is 0 Å². The molecule has 3 N–H and O–H groups in total. The van der Waals surface area contributed by atoms with Crippen LogP contribution in [-0.2, 0) is 25.5 Å². The van der Waals surface area contributed by atoms with Gasteiger partial charge in [-0.05, 0) is 43.7 Å². The molecule has 0 aromatic heterocycles. The fourth-order valence-corrected chi connectivity index (χ4v) is 3.77. The van der Waals surface area contributed by atoms with Crippen molar-refractivity contribution in [1.82, 2.24) is 0 Å². The fraction of sp³-hybridized carbons (Fsp3) is 0.214. The Balaban J connectivity index is 0.000000268. The molecule has 9 nitrogen and oxygen atoms in total. The van der Waals surface area contributed by atoms with E-state index in [0.29, 0.717) is 18.0 Å². The van der Waals surface area contributed by atoms with E-state index in [9.17, 15) is 38.2 Å². The standard InChI is InChI=1S/C18H14O8.C10H11F2N/c19-15(20)13(25-17(23)11-7-3-1-4-8-11)14(16(21)22)26-18(24)12-9-5-2-6-10-12;1-6-2-3-7-9(13-6)5-4-8(11)10(7)12/h1-10,13-14H,(H,19,20)(H,21,22);4-6,13H,2-3H2,1H3/t13-,14-;6-/m10/s1. The first-order valence-corrected chi connectivity index (χ1v) is 11.9. The lowest BCUT2D eigenvalue weighted by Crippen LogP contribution is -2.85. The first-order valence-electron chi connectivity index (χ1n) is 11.9. The Bertz CT molecular complexity index is 1260. The Labute approximate surface area is 222 Å². The van der Waals surface area contributed by atoms with Crippen LogP contribution in [0.15, 0.2) is 72.8 Å². The molecule has 3 atom stereocenters. The molecule has 1 heterocycles. The van der Waals surface area contributed by atoms with Crippen molar-refractivity contribution < 1.29 is 53.0 Å². The molecule has 0 aliphatic carbocycles. The van der Waals surface area contributed by atoms with Gasteiger partial charge in [0.15, 0.2) is 17.7 Å². The predicted octanol–water partition coefficient (Wildman–Crippen LogP) is 1.77. The topological polar surface area (TPSA) is 147 Å². The summed E-state index contributed by atoms with van der Waals surface area (Å²) in [5.74, 6) is -7.39. The molecule has 0 unspecified atom stereocenters. The number of hydrogen-bond donors (Lipinski definition) is 2. The number of carboxylic acid groups (broad SMARTS) is 2. The maximum absolute atomic E-state index is 13.2. The highest BCUT2D eigenvalue weighted by Crippen LogP contribution is 2.22. The number of benzene rings is 3. The minimum atomic E-state index is -2.33. The smallest absolute Gasteiger partial charge is 0.349 e. The number of carbonyl (C=O) groups is 4. The Morgan fingerprint density at radius 3 is 1.87 bits per heavy atom. The van der Waals surface area contributed by atoms with Gasteiger partial charge in [0.25, 0.3) is 0 Å². The molecular formula is C28H25F2NO8. The Morgan fingerprint density at radius 2 is 1.38 bits per heavy atom. The van der Waals surface area contributed by atoms with Crippen LogP contribution in [0, 0.1) is 11.6 Å². The zero-order valence-electron chi connectivity index (χ0n) is 20.7. The number of carbonyl (C=O) groups excluding carboxylic acids is 3. The number of nitrogens with two attached hydrogens (primary N) is 1. The Hall–Kier alpha value is -4.64. The van der Waals surface area contributed by atoms with Crippen molar-refractivity contribution in [3.63, 3.8) is 0 Å². The lowest BCUT2D eigenvalue weighted by atomic mass is 9.98. The molecule has 11 heteroatoms. The van der Waals surface area contributed by atoms with Gasteiger partial charge in [0.05, 0.1) is 28.7 Å². The molecule has 0 fully saturated rings. The summed E-state index contributed by atoms with van der Waals surface area (Å²) in [6.07, 6.45) is -3.04. The largest absolute Gasteiger partial charge is 0.546 e. The third-order valence-electron chi connectivity index (χ3n) is 5.78. The van der Waals surface area contributed by atoms with E-state index in [2.05, 4.69) is 6.92 Å². The van der Waals surface area contributed by atoms with Crippen molar-refractivity contribution in [2.45, 2.75) is 38.0 Å². The third-order valence-corrected chi connectivity index (χ3v) is 5.78. The van der Waals surface area contributed by atoms with E-state index < -0.39 is 47.7 Å². The average Bonchev–Trinajstić information content (AvgIpc) is 2.93. The molecule has 3 aromatic carbocycles. The summed E-state index contributed by atoms with van der Waals surface area (Å²) in [6, 6.07) is 18.0. The first kappa shape index (κ1) is 28.9. The monoisotopic (exact) mass is 541 g/mol. The van der Waals surface area contributed by atoms with Crippen molar-refractivity contribution in [2.75, 3.05) is 0 Å². The highest BCUT2D eigenvalue weighted by molar-refractivity contribution is 5.95. The van der Waals surface area contributed by atoms with Crippen molar-refractivity contribution in [1.29, 1.82) is 0 Å². The molecule has 204 valence electrons. The summed E-state index contributed by atoms with van der Waals surface area (Å²) in [5.41, 5.74) is 1.40. The van der Waals surface area contributed by atoms with Gasteiger partial charge in [-0.3, -0.25) is 0 Å². The van der Waals surface area contributed by atoms with Gasteiger partial charge in [0.2, 0.25) is 6.10 Å². The van der Waals surface area contributed by atoms with Gasteiger partial charge in [0, 0.05) is 12.5 Å². The highest BCUT2D eigenvalue weighted by Gasteiger charge is 2.36. The molecule has 0 saturated heterocycles. The van der Waals surface area contributed by atoms with Crippen LogP contribution in [0.4, 0.5) is 14.5 Å². The molecule has 1 aliphatic rings. The van der Waals surface area contributed by atoms with E-state index >= 15 is 0 Å². The first-order chi connectivity index (χ1) is 18.6. The molecule has 1 aliphatic heterocycles. The maximum Gasteiger partial charge on any atom is 0.349 e. The van der Waals surface area contributed by atoms with Crippen LogP contribution < -0.4 is 10.4 Å². The summed E-state index contributed by atoms with van der Waals surface area (Å²) in [6.45, 7) is 2.09. The van der Waals surface area contributed by atoms with E-state index in [1.165, 1.54) is 54.6 Å². The van der Waals surface area contributed by atoms with Gasteiger partial charge in [0.1, 0.15) is 5.69 Å². The number of quaternary nitrogens is 1. The number of hydrogen-bond acceptors (Lipinski definition) is 7. The van der Waals surface area contributed by atoms with Crippen LogP contribution in [0.1, 0.15) is 39.6 Å². The summed E-state index contributed by atoms with van der Waals surface area (Å²) >= 11 is 0. The van der Waals surface area contributed by atoms with Crippen molar-refractivity contribution in [2.24, 2.45) is 0 Å².